The maximum absolute atomic E-state index is 6.26. The standard InChI is InChI=1S/C25H17N5/c26-25-24-23(27-15-28-25)20(16-7-4-8-16)14-30(24)19-11-9-18-10-12-21(29-22(18)13-19)17-5-2-1-3-6-17/h1-15H,(H2,26,27,28). The molecule has 5 aromatic rings. The molecule has 2 aromatic carbocycles. The monoisotopic (exact) mass is 387 g/mol. The van der Waals surface area contributed by atoms with Crippen molar-refractivity contribution in [2.45, 2.75) is 0 Å². The first-order chi connectivity index (χ1) is 14.8. The highest BCUT2D eigenvalue weighted by Gasteiger charge is 2.18. The summed E-state index contributed by atoms with van der Waals surface area (Å²) in [6.07, 6.45) is 9.76. The molecule has 0 saturated heterocycles. The van der Waals surface area contributed by atoms with Gasteiger partial charge in [0.1, 0.15) is 17.4 Å². The summed E-state index contributed by atoms with van der Waals surface area (Å²) in [6.45, 7) is 0. The number of rotatable bonds is 3. The van der Waals surface area contributed by atoms with Crippen LogP contribution in [0.2, 0.25) is 0 Å². The molecule has 0 atom stereocenters. The van der Waals surface area contributed by atoms with Crippen LogP contribution < -0.4 is 5.73 Å². The molecule has 0 spiro atoms. The number of hydrogen-bond acceptors (Lipinski definition) is 4. The number of nitrogens with two attached hydrogens (primary N) is 1. The molecule has 0 unspecified atom stereocenters. The number of benzene rings is 2. The van der Waals surface area contributed by atoms with Crippen LogP contribution in [0.25, 0.3) is 44.5 Å². The van der Waals surface area contributed by atoms with E-state index >= 15 is 0 Å². The molecule has 0 radical (unpaired) electrons. The lowest BCUT2D eigenvalue weighted by molar-refractivity contribution is 1.11. The molecular weight excluding hydrogens is 370 g/mol. The van der Waals surface area contributed by atoms with Crippen molar-refractivity contribution in [3.05, 3.63) is 97.0 Å². The second kappa shape index (κ2) is 6.39. The fourth-order valence-corrected chi connectivity index (χ4v) is 3.89. The average Bonchev–Trinajstić information content (AvgIpc) is 3.13. The van der Waals surface area contributed by atoms with Gasteiger partial charge < -0.3 is 10.3 Å². The third-order valence-electron chi connectivity index (χ3n) is 5.49. The number of anilines is 1. The van der Waals surface area contributed by atoms with E-state index in [0.717, 1.165) is 50.0 Å². The van der Waals surface area contributed by atoms with Gasteiger partial charge in [0.15, 0.2) is 5.82 Å². The van der Waals surface area contributed by atoms with E-state index in [1.54, 1.807) is 0 Å². The van der Waals surface area contributed by atoms with Crippen LogP contribution in [0, 0.1) is 0 Å². The Balaban J connectivity index is 1.55. The Labute approximate surface area is 172 Å². The van der Waals surface area contributed by atoms with Gasteiger partial charge in [-0.25, -0.2) is 15.0 Å². The minimum absolute atomic E-state index is 0.459. The van der Waals surface area contributed by atoms with Gasteiger partial charge in [0, 0.05) is 28.4 Å². The Morgan fingerprint density at radius 2 is 1.73 bits per heavy atom. The predicted molar refractivity (Wildman–Crippen MR) is 121 cm³/mol. The Morgan fingerprint density at radius 1 is 0.900 bits per heavy atom. The van der Waals surface area contributed by atoms with Crippen molar-refractivity contribution in [1.82, 2.24) is 19.5 Å². The average molecular weight is 387 g/mol. The van der Waals surface area contributed by atoms with Crippen molar-refractivity contribution in [3.8, 4) is 16.9 Å². The first-order valence-electron chi connectivity index (χ1n) is 9.75. The van der Waals surface area contributed by atoms with Crippen LogP contribution >= 0.6 is 0 Å². The smallest absolute Gasteiger partial charge is 0.151 e. The molecule has 30 heavy (non-hydrogen) atoms. The summed E-state index contributed by atoms with van der Waals surface area (Å²) in [7, 11) is 0. The Kier molecular flexibility index (Phi) is 3.55. The minimum atomic E-state index is 0.459. The summed E-state index contributed by atoms with van der Waals surface area (Å²) in [5, 5.41) is 1.09. The number of fused-ring (bicyclic) bond motifs is 2. The van der Waals surface area contributed by atoms with E-state index in [1.807, 2.05) is 24.3 Å². The molecule has 2 N–H and O–H groups in total. The van der Waals surface area contributed by atoms with Gasteiger partial charge in [0.05, 0.1) is 11.2 Å². The molecule has 0 amide bonds. The molecule has 0 saturated carbocycles. The number of hydrogen-bond donors (Lipinski definition) is 1. The molecule has 1 aliphatic rings. The van der Waals surface area contributed by atoms with Crippen LogP contribution in [0.4, 0.5) is 5.82 Å². The van der Waals surface area contributed by atoms with Gasteiger partial charge in [-0.3, -0.25) is 0 Å². The second-order valence-corrected chi connectivity index (χ2v) is 7.29. The van der Waals surface area contributed by atoms with Crippen molar-refractivity contribution in [2.75, 3.05) is 5.73 Å². The zero-order chi connectivity index (χ0) is 20.1. The molecule has 1 aliphatic carbocycles. The van der Waals surface area contributed by atoms with Crippen LogP contribution in [-0.2, 0) is 0 Å². The fourth-order valence-electron chi connectivity index (χ4n) is 3.89. The Morgan fingerprint density at radius 3 is 2.53 bits per heavy atom. The SMILES string of the molecule is Nc1ncnc2c(C3=CC=C3)cn(-c3ccc4ccc(-c5ccccc5)nc4c3)c12. The largest absolute Gasteiger partial charge is 0.382 e. The summed E-state index contributed by atoms with van der Waals surface area (Å²) >= 11 is 0. The molecular formula is C25H17N5. The first-order valence-corrected chi connectivity index (χ1v) is 9.75. The molecule has 0 aliphatic heterocycles. The summed E-state index contributed by atoms with van der Waals surface area (Å²) in [5.41, 5.74) is 14.1. The Bertz CT molecular complexity index is 1490. The summed E-state index contributed by atoms with van der Waals surface area (Å²) in [4.78, 5) is 13.6. The Hall–Kier alpha value is -4.25. The summed E-state index contributed by atoms with van der Waals surface area (Å²) < 4.78 is 2.06. The van der Waals surface area contributed by atoms with Gasteiger partial charge >= 0.3 is 0 Å². The van der Waals surface area contributed by atoms with Crippen molar-refractivity contribution in [3.63, 3.8) is 0 Å². The molecule has 5 nitrogen and oxygen atoms in total. The van der Waals surface area contributed by atoms with Crippen molar-refractivity contribution in [2.24, 2.45) is 0 Å². The molecule has 5 heteroatoms. The maximum Gasteiger partial charge on any atom is 0.151 e. The van der Waals surface area contributed by atoms with Gasteiger partial charge in [-0.2, -0.15) is 0 Å². The summed E-state index contributed by atoms with van der Waals surface area (Å²) in [5.74, 6) is 0.459. The molecule has 6 rings (SSSR count). The third kappa shape index (κ3) is 2.53. The molecule has 0 fully saturated rings. The van der Waals surface area contributed by atoms with E-state index in [2.05, 4.69) is 75.3 Å². The van der Waals surface area contributed by atoms with Crippen LogP contribution in [0.1, 0.15) is 5.56 Å². The highest BCUT2D eigenvalue weighted by molar-refractivity contribution is 6.00. The molecule has 3 heterocycles. The van der Waals surface area contributed by atoms with Crippen LogP contribution in [0.5, 0.6) is 0 Å². The summed E-state index contributed by atoms with van der Waals surface area (Å²) in [6, 6.07) is 20.6. The lowest BCUT2D eigenvalue weighted by atomic mass is 10.0. The van der Waals surface area contributed by atoms with Gasteiger partial charge in [0.25, 0.3) is 0 Å². The highest BCUT2D eigenvalue weighted by atomic mass is 15.0. The lowest BCUT2D eigenvalue weighted by Crippen LogP contribution is -1.99. The molecule has 142 valence electrons. The van der Waals surface area contributed by atoms with E-state index in [9.17, 15) is 0 Å². The van der Waals surface area contributed by atoms with E-state index in [4.69, 9.17) is 10.7 Å². The first kappa shape index (κ1) is 16.7. The van der Waals surface area contributed by atoms with Crippen LogP contribution in [-0.4, -0.2) is 19.5 Å². The fraction of sp³-hybridized carbons (Fsp3) is 0. The van der Waals surface area contributed by atoms with Crippen molar-refractivity contribution in [1.29, 1.82) is 0 Å². The van der Waals surface area contributed by atoms with Crippen molar-refractivity contribution < 1.29 is 0 Å². The predicted octanol–water partition coefficient (Wildman–Crippen LogP) is 5.17. The number of allylic oxidation sites excluding steroid dienone is 4. The zero-order valence-corrected chi connectivity index (χ0v) is 16.0. The van der Waals surface area contributed by atoms with Crippen LogP contribution in [0.3, 0.4) is 0 Å². The van der Waals surface area contributed by atoms with E-state index in [1.165, 1.54) is 6.33 Å². The number of nitrogen functional groups attached to an aromatic ring is 1. The highest BCUT2D eigenvalue weighted by Crippen LogP contribution is 2.34. The van der Waals surface area contributed by atoms with E-state index in [-0.39, 0.29) is 0 Å². The lowest BCUT2D eigenvalue weighted by Gasteiger charge is -2.09. The normalized spacial score (nSPS) is 12.9. The van der Waals surface area contributed by atoms with E-state index < -0.39 is 0 Å². The van der Waals surface area contributed by atoms with Gasteiger partial charge in [-0.1, -0.05) is 60.7 Å². The molecule has 3 aromatic heterocycles. The number of aromatic nitrogens is 4. The van der Waals surface area contributed by atoms with Gasteiger partial charge in [-0.15, -0.1) is 0 Å². The van der Waals surface area contributed by atoms with Gasteiger partial charge in [0.2, 0.25) is 0 Å². The zero-order valence-electron chi connectivity index (χ0n) is 16.0. The minimum Gasteiger partial charge on any atom is -0.382 e. The topological polar surface area (TPSA) is 69.6 Å². The van der Waals surface area contributed by atoms with E-state index in [0.29, 0.717) is 5.82 Å². The second-order valence-electron chi connectivity index (χ2n) is 7.29. The van der Waals surface area contributed by atoms with Crippen LogP contribution in [0.15, 0.2) is 91.4 Å². The maximum atomic E-state index is 6.26. The third-order valence-corrected chi connectivity index (χ3v) is 5.49. The van der Waals surface area contributed by atoms with Crippen molar-refractivity contribution >= 4 is 33.3 Å². The quantitative estimate of drug-likeness (QED) is 0.464. The van der Waals surface area contributed by atoms with Gasteiger partial charge in [-0.05, 0) is 23.8 Å². The number of pyridine rings is 1. The number of nitrogens with zero attached hydrogens (tertiary/aromatic N) is 4. The molecule has 0 bridgehead atoms.